The molecule has 1 N–H and O–H groups in total. The van der Waals surface area contributed by atoms with Gasteiger partial charge in [0, 0.05) is 31.2 Å². The Labute approximate surface area is 119 Å². The van der Waals surface area contributed by atoms with Crippen LogP contribution >= 0.6 is 0 Å². The SMILES string of the molecule is COc1ccc2nc(N3C[C@@H](C)N[C@@H](C)C3)cnc2c1. The molecule has 5 heteroatoms. The van der Waals surface area contributed by atoms with Gasteiger partial charge in [-0.3, -0.25) is 4.98 Å². The van der Waals surface area contributed by atoms with Gasteiger partial charge in [0.15, 0.2) is 0 Å². The molecule has 1 fully saturated rings. The lowest BCUT2D eigenvalue weighted by molar-refractivity contribution is 0.405. The van der Waals surface area contributed by atoms with Crippen molar-refractivity contribution in [1.29, 1.82) is 0 Å². The van der Waals surface area contributed by atoms with Gasteiger partial charge < -0.3 is 15.0 Å². The minimum atomic E-state index is 0.465. The molecule has 106 valence electrons. The summed E-state index contributed by atoms with van der Waals surface area (Å²) < 4.78 is 5.21. The maximum atomic E-state index is 5.21. The highest BCUT2D eigenvalue weighted by molar-refractivity contribution is 5.77. The minimum absolute atomic E-state index is 0.465. The van der Waals surface area contributed by atoms with Gasteiger partial charge in [0.05, 0.1) is 24.3 Å². The number of ether oxygens (including phenoxy) is 1. The predicted octanol–water partition coefficient (Wildman–Crippen LogP) is 1.82. The Morgan fingerprint density at radius 3 is 2.65 bits per heavy atom. The first-order valence-electron chi connectivity index (χ1n) is 6.97. The maximum absolute atomic E-state index is 5.21. The fraction of sp³-hybridized carbons (Fsp3) is 0.467. The van der Waals surface area contributed by atoms with E-state index in [4.69, 9.17) is 9.72 Å². The lowest BCUT2D eigenvalue weighted by atomic mass is 10.1. The second kappa shape index (κ2) is 5.25. The highest BCUT2D eigenvalue weighted by atomic mass is 16.5. The van der Waals surface area contributed by atoms with Gasteiger partial charge in [-0.15, -0.1) is 0 Å². The van der Waals surface area contributed by atoms with Gasteiger partial charge in [0.2, 0.25) is 0 Å². The number of nitrogens with one attached hydrogen (secondary N) is 1. The van der Waals surface area contributed by atoms with E-state index in [-0.39, 0.29) is 0 Å². The molecule has 2 atom stereocenters. The van der Waals surface area contributed by atoms with E-state index in [0.29, 0.717) is 12.1 Å². The summed E-state index contributed by atoms with van der Waals surface area (Å²) in [6.07, 6.45) is 1.85. The summed E-state index contributed by atoms with van der Waals surface area (Å²) in [4.78, 5) is 11.5. The van der Waals surface area contributed by atoms with Crippen LogP contribution in [0.5, 0.6) is 5.75 Å². The van der Waals surface area contributed by atoms with Gasteiger partial charge in [-0.2, -0.15) is 0 Å². The topological polar surface area (TPSA) is 50.3 Å². The van der Waals surface area contributed by atoms with Gasteiger partial charge in [-0.25, -0.2) is 4.98 Å². The Kier molecular flexibility index (Phi) is 3.44. The van der Waals surface area contributed by atoms with Crippen LogP contribution in [0.2, 0.25) is 0 Å². The second-order valence-electron chi connectivity index (χ2n) is 5.46. The highest BCUT2D eigenvalue weighted by Crippen LogP contribution is 2.21. The van der Waals surface area contributed by atoms with Gasteiger partial charge in [0.1, 0.15) is 11.6 Å². The Morgan fingerprint density at radius 1 is 1.20 bits per heavy atom. The lowest BCUT2D eigenvalue weighted by Gasteiger charge is -2.36. The molecule has 0 unspecified atom stereocenters. The minimum Gasteiger partial charge on any atom is -0.497 e. The zero-order valence-electron chi connectivity index (χ0n) is 12.1. The molecule has 1 aliphatic rings. The number of rotatable bonds is 2. The van der Waals surface area contributed by atoms with Crippen LogP contribution in [-0.4, -0.2) is 42.3 Å². The first-order valence-corrected chi connectivity index (χ1v) is 6.97. The Balaban J connectivity index is 1.92. The van der Waals surface area contributed by atoms with Crippen LogP contribution in [0, 0.1) is 0 Å². The van der Waals surface area contributed by atoms with Crippen LogP contribution < -0.4 is 15.0 Å². The Bertz CT molecular complexity index is 606. The monoisotopic (exact) mass is 272 g/mol. The van der Waals surface area contributed by atoms with Crippen LogP contribution in [0.25, 0.3) is 11.0 Å². The van der Waals surface area contributed by atoms with Crippen LogP contribution in [0.4, 0.5) is 5.82 Å². The van der Waals surface area contributed by atoms with Crippen LogP contribution in [-0.2, 0) is 0 Å². The van der Waals surface area contributed by atoms with Crippen molar-refractivity contribution in [3.05, 3.63) is 24.4 Å². The van der Waals surface area contributed by atoms with Crippen LogP contribution in [0.3, 0.4) is 0 Å². The van der Waals surface area contributed by atoms with Crippen LogP contribution in [0.1, 0.15) is 13.8 Å². The van der Waals surface area contributed by atoms with Crippen molar-refractivity contribution in [2.24, 2.45) is 0 Å². The number of piperazine rings is 1. The van der Waals surface area contributed by atoms with E-state index >= 15 is 0 Å². The third kappa shape index (κ3) is 2.54. The van der Waals surface area contributed by atoms with Gasteiger partial charge in [-0.05, 0) is 26.0 Å². The fourth-order valence-corrected chi connectivity index (χ4v) is 2.77. The van der Waals surface area contributed by atoms with Crippen molar-refractivity contribution in [1.82, 2.24) is 15.3 Å². The molecule has 2 heterocycles. The average molecular weight is 272 g/mol. The van der Waals surface area contributed by atoms with E-state index in [1.165, 1.54) is 0 Å². The molecule has 2 aromatic rings. The summed E-state index contributed by atoms with van der Waals surface area (Å²) in [7, 11) is 1.66. The van der Waals surface area contributed by atoms with Crippen molar-refractivity contribution in [3.63, 3.8) is 0 Å². The number of nitrogens with zero attached hydrogens (tertiary/aromatic N) is 3. The third-order valence-corrected chi connectivity index (χ3v) is 3.62. The van der Waals surface area contributed by atoms with Crippen molar-refractivity contribution in [3.8, 4) is 5.75 Å². The smallest absolute Gasteiger partial charge is 0.147 e. The predicted molar refractivity (Wildman–Crippen MR) is 80.4 cm³/mol. The summed E-state index contributed by atoms with van der Waals surface area (Å²) in [5.41, 5.74) is 1.77. The number of aromatic nitrogens is 2. The first kappa shape index (κ1) is 13.1. The molecular formula is C15H20N4O. The zero-order chi connectivity index (χ0) is 14.1. The third-order valence-electron chi connectivity index (χ3n) is 3.62. The molecule has 1 aromatic carbocycles. The number of benzene rings is 1. The molecule has 1 saturated heterocycles. The largest absolute Gasteiger partial charge is 0.497 e. The van der Waals surface area contributed by atoms with E-state index in [2.05, 4.69) is 29.0 Å². The van der Waals surface area contributed by atoms with Crippen molar-refractivity contribution in [2.75, 3.05) is 25.1 Å². The average Bonchev–Trinajstić information content (AvgIpc) is 2.45. The van der Waals surface area contributed by atoms with E-state index in [1.54, 1.807) is 7.11 Å². The normalized spacial score (nSPS) is 23.1. The molecule has 0 amide bonds. The summed E-state index contributed by atoms with van der Waals surface area (Å²) >= 11 is 0. The van der Waals surface area contributed by atoms with Gasteiger partial charge in [0.25, 0.3) is 0 Å². The molecule has 20 heavy (non-hydrogen) atoms. The number of methoxy groups -OCH3 is 1. The fourth-order valence-electron chi connectivity index (χ4n) is 2.77. The number of fused-ring (bicyclic) bond motifs is 1. The van der Waals surface area contributed by atoms with Gasteiger partial charge >= 0.3 is 0 Å². The summed E-state index contributed by atoms with van der Waals surface area (Å²) in [6.45, 7) is 6.31. The Morgan fingerprint density at radius 2 is 1.95 bits per heavy atom. The molecule has 5 nitrogen and oxygen atoms in total. The van der Waals surface area contributed by atoms with E-state index < -0.39 is 0 Å². The first-order chi connectivity index (χ1) is 9.65. The van der Waals surface area contributed by atoms with Gasteiger partial charge in [-0.1, -0.05) is 0 Å². The van der Waals surface area contributed by atoms with Crippen LogP contribution in [0.15, 0.2) is 24.4 Å². The Hall–Kier alpha value is -1.88. The molecule has 0 aliphatic carbocycles. The number of hydrogen-bond acceptors (Lipinski definition) is 5. The number of hydrogen-bond donors (Lipinski definition) is 1. The molecule has 0 spiro atoms. The number of anilines is 1. The molecule has 3 rings (SSSR count). The quantitative estimate of drug-likeness (QED) is 0.904. The maximum Gasteiger partial charge on any atom is 0.147 e. The highest BCUT2D eigenvalue weighted by Gasteiger charge is 2.22. The second-order valence-corrected chi connectivity index (χ2v) is 5.46. The molecular weight excluding hydrogens is 252 g/mol. The lowest BCUT2D eigenvalue weighted by Crippen LogP contribution is -2.54. The summed E-state index contributed by atoms with van der Waals surface area (Å²) in [6, 6.07) is 6.72. The molecule has 0 bridgehead atoms. The van der Waals surface area contributed by atoms with Crippen molar-refractivity contribution < 1.29 is 4.74 Å². The molecule has 0 radical (unpaired) electrons. The summed E-state index contributed by atoms with van der Waals surface area (Å²) in [5.74, 6) is 1.76. The zero-order valence-corrected chi connectivity index (χ0v) is 12.1. The summed E-state index contributed by atoms with van der Waals surface area (Å²) in [5, 5.41) is 3.52. The molecule has 1 aromatic heterocycles. The van der Waals surface area contributed by atoms with Crippen molar-refractivity contribution in [2.45, 2.75) is 25.9 Å². The molecule has 1 aliphatic heterocycles. The van der Waals surface area contributed by atoms with Crippen molar-refractivity contribution >= 4 is 16.9 Å². The standard InChI is InChI=1S/C15H20N4O/c1-10-8-19(9-11(2)17-10)15-7-16-14-6-12(20-3)4-5-13(14)18-15/h4-7,10-11,17H,8-9H2,1-3H3/t10-,11+. The van der Waals surface area contributed by atoms with E-state index in [0.717, 1.165) is 35.7 Å². The molecule has 0 saturated carbocycles. The van der Waals surface area contributed by atoms with E-state index in [9.17, 15) is 0 Å². The van der Waals surface area contributed by atoms with E-state index in [1.807, 2.05) is 24.4 Å².